The standard InChI is InChI=1S/C10H21N/c1-9-5-6-10(8-9)4-3-7-11-2/h9-11H,3-8H2,1-2H3. The molecule has 0 amide bonds. The Kier molecular flexibility index (Phi) is 3.92. The van der Waals surface area contributed by atoms with Crippen molar-refractivity contribution in [3.8, 4) is 0 Å². The lowest BCUT2D eigenvalue weighted by Gasteiger charge is -2.07. The molecular weight excluding hydrogens is 134 g/mol. The smallest absolute Gasteiger partial charge is 0.00518 e. The topological polar surface area (TPSA) is 12.0 Å². The number of hydrogen-bond donors (Lipinski definition) is 1. The SMILES string of the molecule is CNCCCC1CCC(C)C1. The van der Waals surface area contributed by atoms with Crippen LogP contribution in [0.5, 0.6) is 0 Å². The first-order chi connectivity index (χ1) is 5.33. The lowest BCUT2D eigenvalue weighted by atomic mass is 10.0. The normalized spacial score (nSPS) is 31.1. The molecule has 0 aromatic rings. The number of hydrogen-bond acceptors (Lipinski definition) is 1. The van der Waals surface area contributed by atoms with Crippen LogP contribution in [-0.2, 0) is 0 Å². The van der Waals surface area contributed by atoms with E-state index in [-0.39, 0.29) is 0 Å². The molecule has 0 radical (unpaired) electrons. The van der Waals surface area contributed by atoms with Crippen LogP contribution in [0, 0.1) is 11.8 Å². The van der Waals surface area contributed by atoms with E-state index in [2.05, 4.69) is 12.2 Å². The Balaban J connectivity index is 1.99. The predicted molar refractivity (Wildman–Crippen MR) is 49.7 cm³/mol. The van der Waals surface area contributed by atoms with Crippen LogP contribution >= 0.6 is 0 Å². The molecule has 1 N–H and O–H groups in total. The minimum absolute atomic E-state index is 1.01. The molecule has 0 aromatic carbocycles. The highest BCUT2D eigenvalue weighted by molar-refractivity contribution is 4.72. The Morgan fingerprint density at radius 3 is 2.73 bits per heavy atom. The average molecular weight is 155 g/mol. The molecule has 1 saturated carbocycles. The molecule has 0 saturated heterocycles. The van der Waals surface area contributed by atoms with Gasteiger partial charge in [-0.1, -0.05) is 19.8 Å². The second-order valence-electron chi connectivity index (χ2n) is 4.03. The molecule has 1 fully saturated rings. The highest BCUT2D eigenvalue weighted by Crippen LogP contribution is 2.32. The van der Waals surface area contributed by atoms with Crippen molar-refractivity contribution in [1.29, 1.82) is 0 Å². The average Bonchev–Trinajstić information content (AvgIpc) is 2.37. The van der Waals surface area contributed by atoms with Gasteiger partial charge >= 0.3 is 0 Å². The van der Waals surface area contributed by atoms with Crippen LogP contribution < -0.4 is 5.32 Å². The van der Waals surface area contributed by atoms with E-state index in [1.165, 1.54) is 38.6 Å². The van der Waals surface area contributed by atoms with Crippen LogP contribution in [0.2, 0.25) is 0 Å². The molecule has 1 rings (SSSR count). The lowest BCUT2D eigenvalue weighted by molar-refractivity contribution is 0.459. The van der Waals surface area contributed by atoms with Gasteiger partial charge in [-0.25, -0.2) is 0 Å². The third-order valence-corrected chi connectivity index (χ3v) is 2.84. The molecule has 2 unspecified atom stereocenters. The van der Waals surface area contributed by atoms with E-state index < -0.39 is 0 Å². The van der Waals surface area contributed by atoms with Gasteiger partial charge in [0.1, 0.15) is 0 Å². The molecule has 11 heavy (non-hydrogen) atoms. The van der Waals surface area contributed by atoms with E-state index in [0.29, 0.717) is 0 Å². The summed E-state index contributed by atoms with van der Waals surface area (Å²) in [5.74, 6) is 2.06. The van der Waals surface area contributed by atoms with E-state index in [1.54, 1.807) is 0 Å². The summed E-state index contributed by atoms with van der Waals surface area (Å²) in [7, 11) is 2.04. The molecule has 0 aliphatic heterocycles. The van der Waals surface area contributed by atoms with Crippen LogP contribution in [-0.4, -0.2) is 13.6 Å². The first kappa shape index (κ1) is 9.05. The summed E-state index contributed by atoms with van der Waals surface area (Å²) >= 11 is 0. The Labute approximate surface area is 70.6 Å². The van der Waals surface area contributed by atoms with Crippen molar-refractivity contribution in [2.24, 2.45) is 11.8 Å². The Hall–Kier alpha value is -0.0400. The summed E-state index contributed by atoms with van der Waals surface area (Å²) in [6.07, 6.45) is 7.28. The van der Waals surface area contributed by atoms with Crippen LogP contribution in [0.3, 0.4) is 0 Å². The summed E-state index contributed by atoms with van der Waals surface area (Å²) in [5.41, 5.74) is 0. The molecule has 0 aromatic heterocycles. The third kappa shape index (κ3) is 3.24. The fourth-order valence-corrected chi connectivity index (χ4v) is 2.15. The summed E-state index contributed by atoms with van der Waals surface area (Å²) in [6.45, 7) is 3.59. The predicted octanol–water partition coefficient (Wildman–Crippen LogP) is 2.42. The van der Waals surface area contributed by atoms with Crippen molar-refractivity contribution in [2.45, 2.75) is 39.0 Å². The zero-order chi connectivity index (χ0) is 8.10. The molecular formula is C10H21N. The molecule has 1 aliphatic rings. The van der Waals surface area contributed by atoms with Crippen molar-refractivity contribution < 1.29 is 0 Å². The van der Waals surface area contributed by atoms with Gasteiger partial charge in [0.25, 0.3) is 0 Å². The van der Waals surface area contributed by atoms with E-state index in [1.807, 2.05) is 7.05 Å². The minimum atomic E-state index is 1.01. The van der Waals surface area contributed by atoms with Crippen LogP contribution in [0.15, 0.2) is 0 Å². The molecule has 2 atom stereocenters. The molecule has 1 nitrogen and oxygen atoms in total. The largest absolute Gasteiger partial charge is 0.320 e. The van der Waals surface area contributed by atoms with Crippen molar-refractivity contribution in [2.75, 3.05) is 13.6 Å². The fourth-order valence-electron chi connectivity index (χ4n) is 2.15. The van der Waals surface area contributed by atoms with Gasteiger partial charge in [0.2, 0.25) is 0 Å². The summed E-state index contributed by atoms with van der Waals surface area (Å²) < 4.78 is 0. The van der Waals surface area contributed by atoms with Gasteiger partial charge in [-0.3, -0.25) is 0 Å². The maximum Gasteiger partial charge on any atom is -0.00518 e. The lowest BCUT2D eigenvalue weighted by Crippen LogP contribution is -2.09. The van der Waals surface area contributed by atoms with Gasteiger partial charge in [0.15, 0.2) is 0 Å². The first-order valence-corrected chi connectivity index (χ1v) is 4.97. The van der Waals surface area contributed by atoms with Crippen LogP contribution in [0.25, 0.3) is 0 Å². The van der Waals surface area contributed by atoms with E-state index >= 15 is 0 Å². The van der Waals surface area contributed by atoms with E-state index in [4.69, 9.17) is 0 Å². The number of rotatable bonds is 4. The van der Waals surface area contributed by atoms with Gasteiger partial charge in [-0.2, -0.15) is 0 Å². The molecule has 0 bridgehead atoms. The quantitative estimate of drug-likeness (QED) is 0.615. The molecule has 66 valence electrons. The summed E-state index contributed by atoms with van der Waals surface area (Å²) in [5, 5.41) is 3.20. The van der Waals surface area contributed by atoms with Gasteiger partial charge in [-0.15, -0.1) is 0 Å². The molecule has 1 aliphatic carbocycles. The summed E-state index contributed by atoms with van der Waals surface area (Å²) in [4.78, 5) is 0. The Morgan fingerprint density at radius 1 is 1.36 bits per heavy atom. The zero-order valence-electron chi connectivity index (χ0n) is 7.90. The highest BCUT2D eigenvalue weighted by Gasteiger charge is 2.20. The highest BCUT2D eigenvalue weighted by atomic mass is 14.8. The Bertz CT molecular complexity index is 101. The summed E-state index contributed by atoms with van der Waals surface area (Å²) in [6, 6.07) is 0. The zero-order valence-corrected chi connectivity index (χ0v) is 7.90. The maximum absolute atomic E-state index is 3.20. The molecule has 0 heterocycles. The minimum Gasteiger partial charge on any atom is -0.320 e. The monoisotopic (exact) mass is 155 g/mol. The van der Waals surface area contributed by atoms with Crippen molar-refractivity contribution in [3.63, 3.8) is 0 Å². The third-order valence-electron chi connectivity index (χ3n) is 2.84. The number of nitrogens with one attached hydrogen (secondary N) is 1. The van der Waals surface area contributed by atoms with Crippen molar-refractivity contribution in [1.82, 2.24) is 5.32 Å². The Morgan fingerprint density at radius 2 is 2.18 bits per heavy atom. The maximum atomic E-state index is 3.20. The second-order valence-corrected chi connectivity index (χ2v) is 4.03. The molecule has 1 heteroatoms. The van der Waals surface area contributed by atoms with Gasteiger partial charge in [0, 0.05) is 0 Å². The van der Waals surface area contributed by atoms with E-state index in [9.17, 15) is 0 Å². The van der Waals surface area contributed by atoms with Gasteiger partial charge in [-0.05, 0) is 44.7 Å². The van der Waals surface area contributed by atoms with Crippen LogP contribution in [0.1, 0.15) is 39.0 Å². The molecule has 0 spiro atoms. The fraction of sp³-hybridized carbons (Fsp3) is 1.00. The second kappa shape index (κ2) is 4.76. The first-order valence-electron chi connectivity index (χ1n) is 4.97. The van der Waals surface area contributed by atoms with Gasteiger partial charge < -0.3 is 5.32 Å². The van der Waals surface area contributed by atoms with Crippen LogP contribution in [0.4, 0.5) is 0 Å². The van der Waals surface area contributed by atoms with Crippen molar-refractivity contribution >= 4 is 0 Å². The van der Waals surface area contributed by atoms with Crippen molar-refractivity contribution in [3.05, 3.63) is 0 Å². The van der Waals surface area contributed by atoms with Gasteiger partial charge in [0.05, 0.1) is 0 Å². The van der Waals surface area contributed by atoms with E-state index in [0.717, 1.165) is 11.8 Å².